The minimum Gasteiger partial charge on any atom is -0.382 e. The van der Waals surface area contributed by atoms with Crippen LogP contribution in [0.4, 0.5) is 22.1 Å². The van der Waals surface area contributed by atoms with Crippen LogP contribution in [-0.2, 0) is 0 Å². The Bertz CT molecular complexity index is 877. The molecule has 1 heterocycles. The Balaban J connectivity index is 1.62. The predicted molar refractivity (Wildman–Crippen MR) is 112 cm³/mol. The van der Waals surface area contributed by atoms with Crippen LogP contribution in [0.5, 0.6) is 0 Å². The first kappa shape index (κ1) is 21.7. The molecule has 3 amide bonds. The van der Waals surface area contributed by atoms with Gasteiger partial charge in [0.15, 0.2) is 28.4 Å². The van der Waals surface area contributed by atoms with Gasteiger partial charge in [0.05, 0.1) is 0 Å². The summed E-state index contributed by atoms with van der Waals surface area (Å²) in [7, 11) is 0. The summed E-state index contributed by atoms with van der Waals surface area (Å²) < 4.78 is 0. The first-order valence-corrected chi connectivity index (χ1v) is 9.06. The third kappa shape index (κ3) is 7.14. The Morgan fingerprint density at radius 2 is 1.66 bits per heavy atom. The zero-order valence-corrected chi connectivity index (χ0v) is 16.2. The van der Waals surface area contributed by atoms with E-state index >= 15 is 0 Å². The van der Waals surface area contributed by atoms with E-state index in [1.807, 2.05) is 18.2 Å². The van der Waals surface area contributed by atoms with Crippen LogP contribution in [-0.4, -0.2) is 41.0 Å². The number of anilines is 3. The Hall–Kier alpha value is -3.60. The highest BCUT2D eigenvalue weighted by Crippen LogP contribution is 2.17. The number of nitrogen functional groups attached to an aromatic ring is 2. The number of nitrogens with two attached hydrogens (primary N) is 2. The summed E-state index contributed by atoms with van der Waals surface area (Å²) >= 11 is 5.73. The lowest BCUT2D eigenvalue weighted by molar-refractivity contribution is 0.0971. The van der Waals surface area contributed by atoms with Crippen molar-refractivity contribution in [1.82, 2.24) is 25.9 Å². The third-order valence-electron chi connectivity index (χ3n) is 3.58. The van der Waals surface area contributed by atoms with Gasteiger partial charge < -0.3 is 27.4 Å². The zero-order chi connectivity index (χ0) is 21.2. The largest absolute Gasteiger partial charge is 0.382 e. The standard InChI is InChI=1S/C17H22ClN9O2/c18-12-14(20)26-13(19)11(25-12)15(28)27-16(21)22-8-4-5-9-23-17(29)24-10-6-2-1-3-7-10/h1-3,6-7H,4-5,8-9H2,(H4,19,20,26)(H2,23,24,29)(H3,21,22,27,28). The number of aromatic nitrogens is 2. The van der Waals surface area contributed by atoms with Crippen LogP contribution in [0.25, 0.3) is 0 Å². The van der Waals surface area contributed by atoms with E-state index in [0.29, 0.717) is 31.6 Å². The number of halogens is 1. The maximum Gasteiger partial charge on any atom is 0.319 e. The molecule has 0 spiro atoms. The van der Waals surface area contributed by atoms with Gasteiger partial charge in [-0.25, -0.2) is 14.8 Å². The third-order valence-corrected chi connectivity index (χ3v) is 3.86. The van der Waals surface area contributed by atoms with E-state index < -0.39 is 5.91 Å². The first-order valence-electron chi connectivity index (χ1n) is 8.69. The monoisotopic (exact) mass is 419 g/mol. The summed E-state index contributed by atoms with van der Waals surface area (Å²) in [5, 5.41) is 18.1. The van der Waals surface area contributed by atoms with E-state index in [4.69, 9.17) is 28.5 Å². The lowest BCUT2D eigenvalue weighted by atomic mass is 10.3. The molecule has 1 aromatic carbocycles. The molecular formula is C17H22ClN9O2. The topological polar surface area (TPSA) is 184 Å². The van der Waals surface area contributed by atoms with Crippen molar-refractivity contribution in [3.05, 3.63) is 41.2 Å². The number of carbonyl (C=O) groups excluding carboxylic acids is 2. The number of nitrogens with one attached hydrogen (secondary N) is 5. The molecule has 2 aromatic rings. The molecule has 0 saturated heterocycles. The van der Waals surface area contributed by atoms with Gasteiger partial charge in [0.1, 0.15) is 0 Å². The minimum atomic E-state index is -0.728. The summed E-state index contributed by atoms with van der Waals surface area (Å²) in [5.74, 6) is -1.22. The van der Waals surface area contributed by atoms with Gasteiger partial charge in [-0.3, -0.25) is 15.5 Å². The number of nitrogens with zero attached hydrogens (tertiary/aromatic N) is 2. The maximum atomic E-state index is 12.1. The molecule has 0 atom stereocenters. The van der Waals surface area contributed by atoms with Crippen LogP contribution in [0.2, 0.25) is 5.15 Å². The highest BCUT2D eigenvalue weighted by Gasteiger charge is 2.16. The van der Waals surface area contributed by atoms with Crippen molar-refractivity contribution < 1.29 is 9.59 Å². The van der Waals surface area contributed by atoms with Gasteiger partial charge >= 0.3 is 6.03 Å². The number of hydrogen-bond donors (Lipinski definition) is 7. The average molecular weight is 420 g/mol. The number of carbonyl (C=O) groups is 2. The molecule has 12 heteroatoms. The fourth-order valence-electron chi connectivity index (χ4n) is 2.19. The van der Waals surface area contributed by atoms with Gasteiger partial charge in [0, 0.05) is 18.8 Å². The van der Waals surface area contributed by atoms with Gasteiger partial charge in [0.25, 0.3) is 5.91 Å². The number of unbranched alkanes of at least 4 members (excludes halogenated alkanes) is 1. The second-order valence-electron chi connectivity index (χ2n) is 5.84. The fraction of sp³-hybridized carbons (Fsp3) is 0.235. The van der Waals surface area contributed by atoms with Gasteiger partial charge in [-0.15, -0.1) is 0 Å². The second kappa shape index (κ2) is 10.7. The Morgan fingerprint density at radius 3 is 2.34 bits per heavy atom. The number of para-hydroxylation sites is 1. The summed E-state index contributed by atoms with van der Waals surface area (Å²) in [4.78, 5) is 31.3. The van der Waals surface area contributed by atoms with Gasteiger partial charge in [-0.05, 0) is 25.0 Å². The average Bonchev–Trinajstić information content (AvgIpc) is 2.68. The van der Waals surface area contributed by atoms with E-state index in [2.05, 4.69) is 31.2 Å². The Labute approximate surface area is 172 Å². The molecule has 0 aliphatic rings. The highest BCUT2D eigenvalue weighted by atomic mass is 35.5. The van der Waals surface area contributed by atoms with Crippen molar-refractivity contribution in [2.45, 2.75) is 12.8 Å². The van der Waals surface area contributed by atoms with Crippen LogP contribution in [0.1, 0.15) is 23.3 Å². The first-order chi connectivity index (χ1) is 13.9. The normalized spacial score (nSPS) is 10.1. The quantitative estimate of drug-likeness (QED) is 0.199. The molecule has 0 bridgehead atoms. The summed E-state index contributed by atoms with van der Waals surface area (Å²) in [5.41, 5.74) is 11.5. The molecule has 0 unspecified atom stereocenters. The van der Waals surface area contributed by atoms with Crippen LogP contribution in [0.15, 0.2) is 30.3 Å². The molecule has 9 N–H and O–H groups in total. The lowest BCUT2D eigenvalue weighted by Gasteiger charge is -2.11. The zero-order valence-electron chi connectivity index (χ0n) is 15.5. The van der Waals surface area contributed by atoms with E-state index in [-0.39, 0.29) is 34.5 Å². The molecule has 0 aliphatic heterocycles. The number of rotatable bonds is 7. The lowest BCUT2D eigenvalue weighted by Crippen LogP contribution is -2.41. The molecule has 29 heavy (non-hydrogen) atoms. The van der Waals surface area contributed by atoms with Crippen molar-refractivity contribution in [3.63, 3.8) is 0 Å². The van der Waals surface area contributed by atoms with Crippen molar-refractivity contribution in [2.24, 2.45) is 0 Å². The summed E-state index contributed by atoms with van der Waals surface area (Å²) in [6.07, 6.45) is 1.35. The molecule has 0 aliphatic carbocycles. The van der Waals surface area contributed by atoms with Crippen molar-refractivity contribution >= 4 is 46.8 Å². The molecule has 0 fully saturated rings. The van der Waals surface area contributed by atoms with Crippen LogP contribution >= 0.6 is 11.6 Å². The van der Waals surface area contributed by atoms with E-state index in [1.165, 1.54) is 0 Å². The molecule has 154 valence electrons. The number of benzene rings is 1. The molecule has 0 saturated carbocycles. The Morgan fingerprint density at radius 1 is 1.00 bits per heavy atom. The van der Waals surface area contributed by atoms with Crippen LogP contribution < -0.4 is 32.7 Å². The minimum absolute atomic E-state index is 0.0834. The molecule has 0 radical (unpaired) electrons. The van der Waals surface area contributed by atoms with Gasteiger partial charge in [-0.2, -0.15) is 0 Å². The van der Waals surface area contributed by atoms with Crippen molar-refractivity contribution in [2.75, 3.05) is 29.9 Å². The summed E-state index contributed by atoms with van der Waals surface area (Å²) in [6, 6.07) is 8.82. The smallest absolute Gasteiger partial charge is 0.319 e. The van der Waals surface area contributed by atoms with Crippen molar-refractivity contribution in [1.29, 1.82) is 5.41 Å². The van der Waals surface area contributed by atoms with Gasteiger partial charge in [-0.1, -0.05) is 29.8 Å². The summed E-state index contributed by atoms with van der Waals surface area (Å²) in [6.45, 7) is 0.890. The molecule has 2 rings (SSSR count). The number of guanidine groups is 1. The molecule has 11 nitrogen and oxygen atoms in total. The predicted octanol–water partition coefficient (Wildman–Crippen LogP) is 1.15. The van der Waals surface area contributed by atoms with Crippen LogP contribution in [0, 0.1) is 5.41 Å². The van der Waals surface area contributed by atoms with Gasteiger partial charge in [0.2, 0.25) is 0 Å². The second-order valence-corrected chi connectivity index (χ2v) is 6.20. The van der Waals surface area contributed by atoms with Crippen molar-refractivity contribution in [3.8, 4) is 0 Å². The number of hydrogen-bond acceptors (Lipinski definition) is 7. The number of urea groups is 1. The maximum absolute atomic E-state index is 12.1. The number of amides is 3. The fourth-order valence-corrected chi connectivity index (χ4v) is 2.31. The Kier molecular flexibility index (Phi) is 7.98. The highest BCUT2D eigenvalue weighted by molar-refractivity contribution is 6.31. The molecule has 1 aromatic heterocycles. The van der Waals surface area contributed by atoms with E-state index in [1.54, 1.807) is 12.1 Å². The SMILES string of the molecule is N=C(NCCCCNC(=O)Nc1ccccc1)NC(=O)c1nc(Cl)c(N)nc1N. The van der Waals surface area contributed by atoms with Crippen LogP contribution in [0.3, 0.4) is 0 Å². The van der Waals surface area contributed by atoms with E-state index in [9.17, 15) is 9.59 Å². The van der Waals surface area contributed by atoms with E-state index in [0.717, 1.165) is 0 Å². The molecular weight excluding hydrogens is 398 g/mol.